The van der Waals surface area contributed by atoms with Gasteiger partial charge < -0.3 is 4.90 Å². The van der Waals surface area contributed by atoms with E-state index >= 15 is 0 Å². The number of aryl methyl sites for hydroxylation is 1. The first-order valence-corrected chi connectivity index (χ1v) is 13.0. The van der Waals surface area contributed by atoms with Gasteiger partial charge in [0.15, 0.2) is 5.41 Å². The van der Waals surface area contributed by atoms with Crippen molar-refractivity contribution in [1.29, 1.82) is 0 Å². The number of benzene rings is 2. The normalized spacial score (nSPS) is 23.3. The molecule has 8 amide bonds. The third kappa shape index (κ3) is 3.50. The highest BCUT2D eigenvalue weighted by Gasteiger charge is 2.63. The van der Waals surface area contributed by atoms with Crippen LogP contribution in [0.3, 0.4) is 0 Å². The average molecular weight is 542 g/mol. The molecule has 0 bridgehead atoms. The zero-order chi connectivity index (χ0) is 28.5. The second-order valence-corrected chi connectivity index (χ2v) is 10.7. The van der Waals surface area contributed by atoms with Gasteiger partial charge >= 0.3 is 12.1 Å². The van der Waals surface area contributed by atoms with Crippen LogP contribution in [-0.4, -0.2) is 72.2 Å². The van der Waals surface area contributed by atoms with Gasteiger partial charge in [0.2, 0.25) is 11.8 Å². The number of urea groups is 2. The molecule has 11 nitrogen and oxygen atoms in total. The van der Waals surface area contributed by atoms with Crippen molar-refractivity contribution in [2.75, 3.05) is 30.4 Å². The summed E-state index contributed by atoms with van der Waals surface area (Å²) in [6.07, 6.45) is 2.90. The van der Waals surface area contributed by atoms with Crippen molar-refractivity contribution in [2.24, 2.45) is 5.41 Å². The number of rotatable bonds is 2. The van der Waals surface area contributed by atoms with E-state index in [1.807, 2.05) is 13.0 Å². The quantitative estimate of drug-likeness (QED) is 0.351. The molecule has 1 spiro atoms. The van der Waals surface area contributed by atoms with Crippen molar-refractivity contribution < 1.29 is 28.8 Å². The molecule has 6 rings (SSSR count). The second kappa shape index (κ2) is 8.87. The first-order valence-electron chi connectivity index (χ1n) is 13.0. The Labute approximate surface area is 230 Å². The Balaban J connectivity index is 1.40. The largest absolute Gasteiger partial charge is 0.367 e. The van der Waals surface area contributed by atoms with E-state index in [0.29, 0.717) is 29.8 Å². The predicted octanol–water partition coefficient (Wildman–Crippen LogP) is 2.22. The second-order valence-electron chi connectivity index (χ2n) is 10.7. The van der Waals surface area contributed by atoms with Crippen LogP contribution in [0.2, 0.25) is 0 Å². The molecule has 0 radical (unpaired) electrons. The van der Waals surface area contributed by atoms with Crippen LogP contribution in [0.5, 0.6) is 0 Å². The zero-order valence-corrected chi connectivity index (χ0v) is 22.3. The number of amides is 8. The molecule has 0 saturated carbocycles. The number of imide groups is 4. The summed E-state index contributed by atoms with van der Waals surface area (Å²) in [5.41, 5.74) is 1.66. The van der Waals surface area contributed by atoms with Gasteiger partial charge in [-0.2, -0.15) is 0 Å². The highest BCUT2D eigenvalue weighted by molar-refractivity contribution is 6.39. The van der Waals surface area contributed by atoms with E-state index in [1.54, 1.807) is 36.4 Å². The minimum atomic E-state index is -1.46. The maximum Gasteiger partial charge on any atom is 0.335 e. The Morgan fingerprint density at radius 1 is 0.925 bits per heavy atom. The molecule has 4 aliphatic rings. The summed E-state index contributed by atoms with van der Waals surface area (Å²) in [5, 5.41) is 2.23. The van der Waals surface area contributed by atoms with Gasteiger partial charge in [-0.15, -0.1) is 0 Å². The van der Waals surface area contributed by atoms with Crippen LogP contribution < -0.4 is 15.1 Å². The summed E-state index contributed by atoms with van der Waals surface area (Å²) in [6, 6.07) is 10.3. The number of barbiturate groups is 2. The average Bonchev–Trinajstić information content (AvgIpc) is 3.44. The first-order chi connectivity index (χ1) is 19.0. The molecule has 1 N–H and O–H groups in total. The molecule has 3 fully saturated rings. The van der Waals surface area contributed by atoms with Gasteiger partial charge in [-0.05, 0) is 67.7 Å². The van der Waals surface area contributed by atoms with Crippen molar-refractivity contribution >= 4 is 53.1 Å². The summed E-state index contributed by atoms with van der Waals surface area (Å²) in [4.78, 5) is 83.3. The summed E-state index contributed by atoms with van der Waals surface area (Å²) >= 11 is 0. The Morgan fingerprint density at radius 2 is 1.60 bits per heavy atom. The van der Waals surface area contributed by atoms with Crippen molar-refractivity contribution in [3.8, 4) is 0 Å². The lowest BCUT2D eigenvalue weighted by Crippen LogP contribution is -2.70. The van der Waals surface area contributed by atoms with Gasteiger partial charge in [0.25, 0.3) is 11.8 Å². The van der Waals surface area contributed by atoms with Crippen LogP contribution in [0.25, 0.3) is 6.08 Å². The van der Waals surface area contributed by atoms with E-state index < -0.39 is 41.1 Å². The smallest absolute Gasteiger partial charge is 0.335 e. The van der Waals surface area contributed by atoms with Crippen LogP contribution >= 0.6 is 0 Å². The summed E-state index contributed by atoms with van der Waals surface area (Å²) in [6.45, 7) is 2.53. The lowest BCUT2D eigenvalue weighted by Gasteiger charge is -2.50. The topological polar surface area (TPSA) is 127 Å². The molecule has 4 heterocycles. The van der Waals surface area contributed by atoms with Crippen LogP contribution in [0, 0.1) is 12.3 Å². The van der Waals surface area contributed by atoms with Crippen LogP contribution in [0.1, 0.15) is 29.5 Å². The van der Waals surface area contributed by atoms with E-state index in [2.05, 4.69) is 10.2 Å². The molecule has 0 aromatic heterocycles. The van der Waals surface area contributed by atoms with Crippen LogP contribution in [0.4, 0.5) is 21.0 Å². The number of nitrogens with zero attached hydrogens (tertiary/aromatic N) is 4. The van der Waals surface area contributed by atoms with Crippen molar-refractivity contribution in [2.45, 2.75) is 32.2 Å². The van der Waals surface area contributed by atoms with Crippen molar-refractivity contribution in [3.05, 3.63) is 64.7 Å². The Bertz CT molecular complexity index is 1540. The van der Waals surface area contributed by atoms with Crippen molar-refractivity contribution in [3.63, 3.8) is 0 Å². The van der Waals surface area contributed by atoms with Gasteiger partial charge in [0, 0.05) is 26.3 Å². The van der Waals surface area contributed by atoms with E-state index in [1.165, 1.54) is 20.2 Å². The lowest BCUT2D eigenvalue weighted by molar-refractivity contribution is -0.159. The molecule has 3 saturated heterocycles. The molecular formula is C29H27N5O6. The highest BCUT2D eigenvalue weighted by Crippen LogP contribution is 2.49. The minimum absolute atomic E-state index is 0.0776. The van der Waals surface area contributed by atoms with E-state index in [0.717, 1.165) is 32.4 Å². The Morgan fingerprint density at radius 3 is 2.27 bits per heavy atom. The van der Waals surface area contributed by atoms with Crippen molar-refractivity contribution in [1.82, 2.24) is 15.1 Å². The number of hydrogen-bond acceptors (Lipinski definition) is 7. The summed E-state index contributed by atoms with van der Waals surface area (Å²) in [7, 11) is 2.78. The van der Waals surface area contributed by atoms with Gasteiger partial charge in [0.05, 0.1) is 11.7 Å². The Hall–Kier alpha value is -4.80. The lowest BCUT2D eigenvalue weighted by atomic mass is 9.68. The number of hydrogen-bond donors (Lipinski definition) is 1. The molecular weight excluding hydrogens is 514 g/mol. The van der Waals surface area contributed by atoms with Crippen LogP contribution in [-0.2, 0) is 25.6 Å². The monoisotopic (exact) mass is 541 g/mol. The maximum absolute atomic E-state index is 13.6. The molecule has 4 aliphatic heterocycles. The molecule has 1 atom stereocenters. The Kier molecular flexibility index (Phi) is 5.65. The van der Waals surface area contributed by atoms with E-state index in [9.17, 15) is 28.8 Å². The SMILES string of the molecule is Cc1ccc(N2C(=O)NC(=O)C(=Cc3ccc4c(c3)CC3(C(=O)N(C)C(=O)N(C)C3=O)C3CCCN43)C2=O)cc1. The van der Waals surface area contributed by atoms with Crippen LogP contribution in [0.15, 0.2) is 48.0 Å². The minimum Gasteiger partial charge on any atom is -0.367 e. The molecule has 40 heavy (non-hydrogen) atoms. The molecule has 11 heteroatoms. The first kappa shape index (κ1) is 25.5. The predicted molar refractivity (Wildman–Crippen MR) is 144 cm³/mol. The third-order valence-corrected chi connectivity index (χ3v) is 8.36. The highest BCUT2D eigenvalue weighted by atomic mass is 16.2. The van der Waals surface area contributed by atoms with Gasteiger partial charge in [-0.3, -0.25) is 34.3 Å². The third-order valence-electron chi connectivity index (χ3n) is 8.36. The fraction of sp³-hybridized carbons (Fsp3) is 0.310. The fourth-order valence-corrected chi connectivity index (χ4v) is 6.38. The van der Waals surface area contributed by atoms with E-state index in [-0.39, 0.29) is 18.0 Å². The maximum atomic E-state index is 13.6. The van der Waals surface area contributed by atoms with Gasteiger partial charge in [-0.25, -0.2) is 14.5 Å². The number of carbonyl (C=O) groups excluding carboxylic acids is 6. The molecule has 0 aliphatic carbocycles. The van der Waals surface area contributed by atoms with Gasteiger partial charge in [0.1, 0.15) is 5.57 Å². The fourth-order valence-electron chi connectivity index (χ4n) is 6.38. The summed E-state index contributed by atoms with van der Waals surface area (Å²) < 4.78 is 0. The summed E-state index contributed by atoms with van der Waals surface area (Å²) in [5.74, 6) is -2.63. The van der Waals surface area contributed by atoms with Gasteiger partial charge in [-0.1, -0.05) is 23.8 Å². The zero-order valence-electron chi connectivity index (χ0n) is 22.3. The molecule has 2 aromatic rings. The number of carbonyl (C=O) groups is 6. The van der Waals surface area contributed by atoms with E-state index in [4.69, 9.17) is 0 Å². The molecule has 1 unspecified atom stereocenters. The molecule has 2 aromatic carbocycles. The number of fused-ring (bicyclic) bond motifs is 4. The number of anilines is 2. The molecule has 204 valence electrons. The standard InChI is InChI=1S/C29H27N5O6/c1-16-6-9-19(10-7-16)34-24(36)20(23(35)30-27(34)39)14-17-8-11-21-18(13-17)15-29(22-5-4-12-33(21)22)25(37)31(2)28(40)32(3)26(29)38/h6-11,13-14,22H,4-5,12,15H2,1-3H3,(H,30,35,39). The number of nitrogens with one attached hydrogen (secondary N) is 1.